The van der Waals surface area contributed by atoms with Gasteiger partial charge in [-0.05, 0) is 53.5 Å². The lowest BCUT2D eigenvalue weighted by molar-refractivity contribution is 0.662. The van der Waals surface area contributed by atoms with Crippen LogP contribution in [0.5, 0.6) is 0 Å². The van der Waals surface area contributed by atoms with Gasteiger partial charge in [0.1, 0.15) is 4.60 Å². The topological polar surface area (TPSA) is 24.9 Å². The summed E-state index contributed by atoms with van der Waals surface area (Å²) in [4.78, 5) is 4.39. The third-order valence-corrected chi connectivity index (χ3v) is 3.92. The Morgan fingerprint density at radius 3 is 3.21 bits per heavy atom. The molecule has 2 rings (SSSR count). The Morgan fingerprint density at radius 1 is 1.57 bits per heavy atom. The molecule has 1 aromatic heterocycles. The van der Waals surface area contributed by atoms with E-state index in [1.54, 1.807) is 0 Å². The molecule has 0 bridgehead atoms. The monoisotopic (exact) mass is 272 g/mol. The lowest BCUT2D eigenvalue weighted by Crippen LogP contribution is -2.10. The van der Waals surface area contributed by atoms with E-state index in [9.17, 15) is 0 Å². The highest BCUT2D eigenvalue weighted by Gasteiger charge is 2.14. The van der Waals surface area contributed by atoms with E-state index in [4.69, 9.17) is 0 Å². The normalized spacial score (nSPS) is 21.4. The molecule has 1 unspecified atom stereocenters. The van der Waals surface area contributed by atoms with E-state index in [2.05, 4.69) is 32.3 Å². The first kappa shape index (κ1) is 10.5. The van der Waals surface area contributed by atoms with Crippen molar-refractivity contribution in [2.45, 2.75) is 11.4 Å². The molecule has 76 valence electrons. The van der Waals surface area contributed by atoms with Crippen molar-refractivity contribution >= 4 is 27.7 Å². The summed E-state index contributed by atoms with van der Waals surface area (Å²) >= 11 is 5.23. The van der Waals surface area contributed by atoms with Crippen LogP contribution in [0.2, 0.25) is 0 Å². The van der Waals surface area contributed by atoms with Crippen LogP contribution in [0.25, 0.3) is 0 Å². The summed E-state index contributed by atoms with van der Waals surface area (Å²) in [5.74, 6) is 2.00. The number of halogens is 1. The van der Waals surface area contributed by atoms with Gasteiger partial charge in [0.2, 0.25) is 0 Å². The van der Waals surface area contributed by atoms with Crippen molar-refractivity contribution in [1.82, 2.24) is 10.3 Å². The van der Waals surface area contributed by atoms with Gasteiger partial charge in [-0.1, -0.05) is 6.07 Å². The van der Waals surface area contributed by atoms with E-state index < -0.39 is 0 Å². The SMILES string of the molecule is Brc1cccc(SCC2CCNC2)n1. The van der Waals surface area contributed by atoms with Gasteiger partial charge in [0, 0.05) is 5.75 Å². The number of thioether (sulfide) groups is 1. The fourth-order valence-electron chi connectivity index (χ4n) is 1.53. The quantitative estimate of drug-likeness (QED) is 0.676. The molecule has 1 aliphatic heterocycles. The number of aromatic nitrogens is 1. The summed E-state index contributed by atoms with van der Waals surface area (Å²) < 4.78 is 0.923. The first-order valence-corrected chi connectivity index (χ1v) is 6.58. The van der Waals surface area contributed by atoms with Crippen LogP contribution >= 0.6 is 27.7 Å². The zero-order valence-corrected chi connectivity index (χ0v) is 10.3. The minimum Gasteiger partial charge on any atom is -0.316 e. The number of hydrogen-bond acceptors (Lipinski definition) is 3. The minimum absolute atomic E-state index is 0.820. The highest BCUT2D eigenvalue weighted by Crippen LogP contribution is 2.22. The van der Waals surface area contributed by atoms with Crippen LogP contribution in [-0.2, 0) is 0 Å². The molecule has 0 saturated carbocycles. The predicted octanol–water partition coefficient (Wildman–Crippen LogP) is 2.55. The Labute approximate surface area is 97.0 Å². The molecule has 1 fully saturated rings. The third-order valence-electron chi connectivity index (χ3n) is 2.32. The van der Waals surface area contributed by atoms with Crippen molar-refractivity contribution in [3.8, 4) is 0 Å². The Morgan fingerprint density at radius 2 is 2.50 bits per heavy atom. The Kier molecular flexibility index (Phi) is 3.84. The summed E-state index contributed by atoms with van der Waals surface area (Å²) in [5.41, 5.74) is 0. The van der Waals surface area contributed by atoms with Crippen molar-refractivity contribution in [1.29, 1.82) is 0 Å². The van der Waals surface area contributed by atoms with E-state index >= 15 is 0 Å². The molecule has 2 nitrogen and oxygen atoms in total. The van der Waals surface area contributed by atoms with Crippen molar-refractivity contribution in [3.63, 3.8) is 0 Å². The van der Waals surface area contributed by atoms with Crippen molar-refractivity contribution in [2.75, 3.05) is 18.8 Å². The van der Waals surface area contributed by atoms with Gasteiger partial charge in [-0.3, -0.25) is 0 Å². The molecule has 0 aliphatic carbocycles. The number of nitrogens with zero attached hydrogens (tertiary/aromatic N) is 1. The molecular weight excluding hydrogens is 260 g/mol. The van der Waals surface area contributed by atoms with Gasteiger partial charge in [-0.2, -0.15) is 0 Å². The largest absolute Gasteiger partial charge is 0.316 e. The van der Waals surface area contributed by atoms with Crippen LogP contribution in [0.3, 0.4) is 0 Å². The molecule has 1 aliphatic rings. The molecule has 0 spiro atoms. The fourth-order valence-corrected chi connectivity index (χ4v) is 3.02. The maximum Gasteiger partial charge on any atom is 0.107 e. The molecule has 1 aromatic rings. The highest BCUT2D eigenvalue weighted by molar-refractivity contribution is 9.10. The molecule has 1 atom stereocenters. The van der Waals surface area contributed by atoms with Crippen LogP contribution in [0.1, 0.15) is 6.42 Å². The summed E-state index contributed by atoms with van der Waals surface area (Å²) in [5, 5.41) is 4.49. The second kappa shape index (κ2) is 5.14. The predicted molar refractivity (Wildman–Crippen MR) is 63.6 cm³/mol. The average molecular weight is 273 g/mol. The fraction of sp³-hybridized carbons (Fsp3) is 0.500. The van der Waals surface area contributed by atoms with E-state index in [-0.39, 0.29) is 0 Å². The Bertz CT molecular complexity index is 300. The van der Waals surface area contributed by atoms with Gasteiger partial charge in [-0.15, -0.1) is 11.8 Å². The Balaban J connectivity index is 1.85. The van der Waals surface area contributed by atoms with Crippen molar-refractivity contribution < 1.29 is 0 Å². The summed E-state index contributed by atoms with van der Waals surface area (Å²) in [6.45, 7) is 2.35. The van der Waals surface area contributed by atoms with E-state index in [1.165, 1.54) is 25.3 Å². The number of nitrogens with one attached hydrogen (secondary N) is 1. The molecule has 4 heteroatoms. The van der Waals surface area contributed by atoms with Gasteiger partial charge in [0.25, 0.3) is 0 Å². The van der Waals surface area contributed by atoms with E-state index in [1.807, 2.05) is 23.9 Å². The van der Waals surface area contributed by atoms with Crippen LogP contribution < -0.4 is 5.32 Å². The van der Waals surface area contributed by atoms with Gasteiger partial charge < -0.3 is 5.32 Å². The summed E-state index contributed by atoms with van der Waals surface area (Å²) in [6.07, 6.45) is 1.31. The lowest BCUT2D eigenvalue weighted by atomic mass is 10.2. The second-order valence-electron chi connectivity index (χ2n) is 3.47. The number of pyridine rings is 1. The van der Waals surface area contributed by atoms with Gasteiger partial charge in [0.15, 0.2) is 0 Å². The Hall–Kier alpha value is -0.0600. The summed E-state index contributed by atoms with van der Waals surface area (Å²) in [6, 6.07) is 6.06. The van der Waals surface area contributed by atoms with Crippen LogP contribution in [0.15, 0.2) is 27.8 Å². The average Bonchev–Trinajstić information content (AvgIpc) is 2.67. The van der Waals surface area contributed by atoms with E-state index in [0.29, 0.717) is 0 Å². The maximum absolute atomic E-state index is 4.39. The molecule has 14 heavy (non-hydrogen) atoms. The number of hydrogen-bond donors (Lipinski definition) is 1. The smallest absolute Gasteiger partial charge is 0.107 e. The van der Waals surface area contributed by atoms with Crippen molar-refractivity contribution in [2.24, 2.45) is 5.92 Å². The van der Waals surface area contributed by atoms with Crippen molar-refractivity contribution in [3.05, 3.63) is 22.8 Å². The molecular formula is C10H13BrN2S. The zero-order valence-electron chi connectivity index (χ0n) is 7.87. The van der Waals surface area contributed by atoms with E-state index in [0.717, 1.165) is 15.5 Å². The van der Waals surface area contributed by atoms with Crippen LogP contribution in [0.4, 0.5) is 0 Å². The minimum atomic E-state index is 0.820. The zero-order chi connectivity index (χ0) is 9.80. The second-order valence-corrected chi connectivity index (χ2v) is 5.32. The van der Waals surface area contributed by atoms with Crippen LogP contribution in [-0.4, -0.2) is 23.8 Å². The molecule has 2 heterocycles. The molecule has 1 N–H and O–H groups in total. The van der Waals surface area contributed by atoms with Gasteiger partial charge >= 0.3 is 0 Å². The number of rotatable bonds is 3. The van der Waals surface area contributed by atoms with Crippen LogP contribution in [0, 0.1) is 5.92 Å². The third kappa shape index (κ3) is 2.97. The highest BCUT2D eigenvalue weighted by atomic mass is 79.9. The molecule has 0 amide bonds. The maximum atomic E-state index is 4.39. The lowest BCUT2D eigenvalue weighted by Gasteiger charge is -2.06. The standard InChI is InChI=1S/C10H13BrN2S/c11-9-2-1-3-10(13-9)14-7-8-4-5-12-6-8/h1-3,8,12H,4-7H2. The molecule has 1 saturated heterocycles. The first-order chi connectivity index (χ1) is 6.84. The van der Waals surface area contributed by atoms with Gasteiger partial charge in [0.05, 0.1) is 5.03 Å². The molecule has 0 aromatic carbocycles. The summed E-state index contributed by atoms with van der Waals surface area (Å²) in [7, 11) is 0. The first-order valence-electron chi connectivity index (χ1n) is 4.80. The van der Waals surface area contributed by atoms with Gasteiger partial charge in [-0.25, -0.2) is 4.98 Å². The molecule has 0 radical (unpaired) electrons.